The van der Waals surface area contributed by atoms with Crippen LogP contribution in [0.5, 0.6) is 0 Å². The summed E-state index contributed by atoms with van der Waals surface area (Å²) < 4.78 is 0. The van der Waals surface area contributed by atoms with Gasteiger partial charge in [0.15, 0.2) is 11.5 Å². The Balaban J connectivity index is 1.64. The van der Waals surface area contributed by atoms with Gasteiger partial charge in [0, 0.05) is 31.4 Å². The maximum absolute atomic E-state index is 6.68. The van der Waals surface area contributed by atoms with Crippen molar-refractivity contribution in [3.05, 3.63) is 95.8 Å². The summed E-state index contributed by atoms with van der Waals surface area (Å²) in [6, 6.07) is 21.1. The summed E-state index contributed by atoms with van der Waals surface area (Å²) >= 11 is 0. The Labute approximate surface area is 198 Å². The first kappa shape index (κ1) is 23.1. The van der Waals surface area contributed by atoms with Crippen molar-refractivity contribution < 1.29 is 0 Å². The van der Waals surface area contributed by atoms with E-state index in [1.54, 1.807) is 0 Å². The van der Waals surface area contributed by atoms with Crippen LogP contribution in [0.25, 0.3) is 0 Å². The van der Waals surface area contributed by atoms with Crippen LogP contribution in [0.3, 0.4) is 0 Å². The van der Waals surface area contributed by atoms with Crippen molar-refractivity contribution in [2.24, 2.45) is 22.4 Å². The van der Waals surface area contributed by atoms with Crippen LogP contribution in [0.2, 0.25) is 0 Å². The number of aliphatic imine (C=N–C) groups is 1. The van der Waals surface area contributed by atoms with Crippen LogP contribution in [0.15, 0.2) is 89.7 Å². The topological polar surface area (TPSA) is 70.9 Å². The molecule has 0 radical (unpaired) electrons. The Morgan fingerprint density at radius 2 is 1.64 bits per heavy atom. The molecular formula is C28H37N5. The van der Waals surface area contributed by atoms with Gasteiger partial charge < -0.3 is 21.3 Å². The number of rotatable bonds is 7. The van der Waals surface area contributed by atoms with Gasteiger partial charge in [-0.05, 0) is 43.2 Å². The number of piperidine rings is 1. The number of hydrogen-bond donors (Lipinski definition) is 2. The molecule has 5 nitrogen and oxygen atoms in total. The number of likely N-dealkylation sites (tertiary alicyclic amines) is 1. The molecule has 4 rings (SSSR count). The van der Waals surface area contributed by atoms with E-state index in [4.69, 9.17) is 16.5 Å². The van der Waals surface area contributed by atoms with E-state index >= 15 is 0 Å². The van der Waals surface area contributed by atoms with E-state index in [0.29, 0.717) is 11.9 Å². The first-order valence-electron chi connectivity index (χ1n) is 12.1. The molecule has 1 atom stereocenters. The van der Waals surface area contributed by atoms with Crippen LogP contribution in [-0.4, -0.2) is 41.4 Å². The molecule has 174 valence electrons. The molecule has 1 saturated heterocycles. The highest BCUT2D eigenvalue weighted by Gasteiger charge is 2.47. The van der Waals surface area contributed by atoms with Crippen LogP contribution >= 0.6 is 0 Å². The normalized spacial score (nSPS) is 20.7. The summed E-state index contributed by atoms with van der Waals surface area (Å²) in [5, 5.41) is 0. The van der Waals surface area contributed by atoms with E-state index in [2.05, 4.69) is 90.0 Å². The smallest absolute Gasteiger partial charge is 0.197 e. The lowest BCUT2D eigenvalue weighted by Gasteiger charge is -2.38. The molecule has 0 saturated carbocycles. The second-order valence-electron chi connectivity index (χ2n) is 9.23. The second kappa shape index (κ2) is 9.84. The van der Waals surface area contributed by atoms with Crippen molar-refractivity contribution in [3.8, 4) is 0 Å². The maximum Gasteiger partial charge on any atom is 0.197 e. The molecule has 0 bridgehead atoms. The van der Waals surface area contributed by atoms with Gasteiger partial charge in [-0.3, -0.25) is 0 Å². The quantitative estimate of drug-likeness (QED) is 0.664. The SMILES string of the molecule is C=C(C(C)N)N1CCC(CN2C(N)=NC(c3ccccc3)(c3ccccc3)/C2=C/CC)CC1. The van der Waals surface area contributed by atoms with Crippen LogP contribution in [0, 0.1) is 5.92 Å². The Morgan fingerprint density at radius 1 is 1.09 bits per heavy atom. The summed E-state index contributed by atoms with van der Waals surface area (Å²) in [5.74, 6) is 1.14. The van der Waals surface area contributed by atoms with Gasteiger partial charge in [0.05, 0.1) is 5.70 Å². The molecule has 2 aliphatic heterocycles. The van der Waals surface area contributed by atoms with Crippen molar-refractivity contribution in [3.63, 3.8) is 0 Å². The van der Waals surface area contributed by atoms with Gasteiger partial charge >= 0.3 is 0 Å². The van der Waals surface area contributed by atoms with Crippen molar-refractivity contribution in [1.29, 1.82) is 0 Å². The Hall–Kier alpha value is -3.05. The summed E-state index contributed by atoms with van der Waals surface area (Å²) in [5.41, 5.74) is 16.6. The van der Waals surface area contributed by atoms with Crippen molar-refractivity contribution in [2.45, 2.75) is 44.7 Å². The lowest BCUT2D eigenvalue weighted by atomic mass is 9.80. The first-order chi connectivity index (χ1) is 16.0. The number of allylic oxidation sites excluding steroid dienone is 1. The van der Waals surface area contributed by atoms with Gasteiger partial charge in [0.1, 0.15) is 0 Å². The maximum atomic E-state index is 6.68. The van der Waals surface area contributed by atoms with Crippen molar-refractivity contribution in [2.75, 3.05) is 19.6 Å². The predicted octanol–water partition coefficient (Wildman–Crippen LogP) is 4.43. The fraction of sp³-hybridized carbons (Fsp3) is 0.393. The molecule has 0 aromatic heterocycles. The third kappa shape index (κ3) is 4.42. The van der Waals surface area contributed by atoms with E-state index in [0.717, 1.165) is 55.7 Å². The molecule has 0 amide bonds. The number of guanidine groups is 1. The minimum Gasteiger partial charge on any atom is -0.374 e. The molecule has 0 spiro atoms. The fourth-order valence-electron chi connectivity index (χ4n) is 5.15. The zero-order valence-corrected chi connectivity index (χ0v) is 20.0. The van der Waals surface area contributed by atoms with Crippen LogP contribution < -0.4 is 11.5 Å². The molecular weight excluding hydrogens is 406 g/mol. The summed E-state index contributed by atoms with van der Waals surface area (Å²) in [6.45, 7) is 11.2. The van der Waals surface area contributed by atoms with Gasteiger partial charge in [-0.25, -0.2) is 4.99 Å². The highest BCUT2D eigenvalue weighted by Crippen LogP contribution is 2.46. The Morgan fingerprint density at radius 3 is 2.12 bits per heavy atom. The van der Waals surface area contributed by atoms with Gasteiger partial charge in [0.2, 0.25) is 0 Å². The highest BCUT2D eigenvalue weighted by atomic mass is 15.3. The lowest BCUT2D eigenvalue weighted by molar-refractivity contribution is 0.200. The molecule has 2 heterocycles. The van der Waals surface area contributed by atoms with E-state index in [1.165, 1.54) is 5.70 Å². The molecule has 2 aromatic carbocycles. The van der Waals surface area contributed by atoms with Gasteiger partial charge in [-0.15, -0.1) is 0 Å². The lowest BCUT2D eigenvalue weighted by Crippen LogP contribution is -2.43. The first-order valence-corrected chi connectivity index (χ1v) is 12.1. The minimum absolute atomic E-state index is 0.000591. The zero-order chi connectivity index (χ0) is 23.4. The fourth-order valence-corrected chi connectivity index (χ4v) is 5.15. The van der Waals surface area contributed by atoms with Crippen molar-refractivity contribution in [1.82, 2.24) is 9.80 Å². The van der Waals surface area contributed by atoms with E-state index in [1.807, 2.05) is 6.92 Å². The average molecular weight is 444 g/mol. The zero-order valence-electron chi connectivity index (χ0n) is 20.0. The average Bonchev–Trinajstić information content (AvgIpc) is 3.12. The van der Waals surface area contributed by atoms with Crippen LogP contribution in [-0.2, 0) is 5.54 Å². The largest absolute Gasteiger partial charge is 0.374 e. The Bertz CT molecular complexity index is 962. The minimum atomic E-state index is -0.618. The van der Waals surface area contributed by atoms with Crippen molar-refractivity contribution >= 4 is 5.96 Å². The second-order valence-corrected chi connectivity index (χ2v) is 9.23. The number of benzene rings is 2. The standard InChI is InChI=1S/C28H37N5/c1-4-11-26-28(24-12-7-5-8-13-24,25-14-9-6-10-15-25)31-27(30)33(26)20-23-16-18-32(19-17-23)22(3)21(2)29/h5-15,21,23H,3-4,16-20,29H2,1-2H3,(H2,30,31)/b26-11-. The number of nitrogens with zero attached hydrogens (tertiary/aromatic N) is 3. The molecule has 2 aromatic rings. The molecule has 0 aliphatic carbocycles. The monoisotopic (exact) mass is 443 g/mol. The van der Waals surface area contributed by atoms with E-state index in [9.17, 15) is 0 Å². The van der Waals surface area contributed by atoms with E-state index < -0.39 is 5.54 Å². The molecule has 1 fully saturated rings. The molecule has 2 aliphatic rings. The molecule has 1 unspecified atom stereocenters. The highest BCUT2D eigenvalue weighted by molar-refractivity contribution is 5.85. The van der Waals surface area contributed by atoms with Gasteiger partial charge in [0.25, 0.3) is 0 Å². The summed E-state index contributed by atoms with van der Waals surface area (Å²) in [4.78, 5) is 9.79. The number of nitrogens with two attached hydrogens (primary N) is 2. The third-order valence-corrected chi connectivity index (χ3v) is 6.99. The van der Waals surface area contributed by atoms with Crippen LogP contribution in [0.4, 0.5) is 0 Å². The van der Waals surface area contributed by atoms with Gasteiger partial charge in [-0.2, -0.15) is 0 Å². The summed E-state index contributed by atoms with van der Waals surface area (Å²) in [7, 11) is 0. The van der Waals surface area contributed by atoms with Crippen LogP contribution in [0.1, 0.15) is 44.2 Å². The third-order valence-electron chi connectivity index (χ3n) is 6.99. The number of hydrogen-bond acceptors (Lipinski definition) is 5. The molecule has 4 N–H and O–H groups in total. The molecule has 33 heavy (non-hydrogen) atoms. The Kier molecular flexibility index (Phi) is 6.89. The van der Waals surface area contributed by atoms with Gasteiger partial charge in [-0.1, -0.05) is 80.2 Å². The molecule has 5 heteroatoms. The van der Waals surface area contributed by atoms with E-state index in [-0.39, 0.29) is 6.04 Å². The summed E-state index contributed by atoms with van der Waals surface area (Å²) in [6.07, 6.45) is 5.41. The predicted molar refractivity (Wildman–Crippen MR) is 137 cm³/mol.